The number of rotatable bonds is 9. The minimum absolute atomic E-state index is 0.0212. The molecule has 6 N–H and O–H groups in total. The summed E-state index contributed by atoms with van der Waals surface area (Å²) in [6, 6.07) is 32.9. The molecule has 0 spiro atoms. The first-order chi connectivity index (χ1) is 19.7. The van der Waals surface area contributed by atoms with Gasteiger partial charge in [-0.05, 0) is 35.4 Å². The van der Waals surface area contributed by atoms with Crippen LogP contribution in [0.1, 0.15) is 22.3 Å². The summed E-state index contributed by atoms with van der Waals surface area (Å²) in [5, 5.41) is 15.8. The van der Waals surface area contributed by atoms with Crippen LogP contribution in [0.4, 0.5) is 5.69 Å². The van der Waals surface area contributed by atoms with E-state index >= 15 is 0 Å². The van der Waals surface area contributed by atoms with Gasteiger partial charge < -0.3 is 16.4 Å². The van der Waals surface area contributed by atoms with Crippen molar-refractivity contribution in [2.45, 2.75) is 13.1 Å². The van der Waals surface area contributed by atoms with Gasteiger partial charge in [-0.2, -0.15) is 0 Å². The van der Waals surface area contributed by atoms with Gasteiger partial charge in [0.25, 0.3) is 0 Å². The third kappa shape index (κ3) is 5.67. The van der Waals surface area contributed by atoms with Crippen LogP contribution in [0.3, 0.4) is 0 Å². The van der Waals surface area contributed by atoms with E-state index in [0.29, 0.717) is 24.2 Å². The van der Waals surface area contributed by atoms with Crippen molar-refractivity contribution in [1.82, 2.24) is 9.13 Å². The monoisotopic (exact) mass is 543 g/mol. The maximum Gasteiger partial charge on any atom is 0.329 e. The second-order valence-electron chi connectivity index (χ2n) is 10.2. The normalized spacial score (nSPS) is 10.9. The molecule has 0 atom stereocenters. The van der Waals surface area contributed by atoms with Gasteiger partial charge in [-0.15, -0.1) is 0 Å². The molecule has 0 bridgehead atoms. The number of amidine groups is 2. The van der Waals surface area contributed by atoms with Crippen molar-refractivity contribution in [1.29, 1.82) is 10.8 Å². The zero-order valence-corrected chi connectivity index (χ0v) is 23.1. The maximum absolute atomic E-state index is 14.4. The number of nitrogens with one attached hydrogen (secondary N) is 2. The van der Waals surface area contributed by atoms with Crippen LogP contribution < -0.4 is 22.1 Å². The first-order valence-electron chi connectivity index (χ1n) is 13.3. The number of benzene rings is 4. The summed E-state index contributed by atoms with van der Waals surface area (Å²) >= 11 is 0. The van der Waals surface area contributed by atoms with E-state index in [1.165, 1.54) is 0 Å². The van der Waals surface area contributed by atoms with Crippen molar-refractivity contribution in [3.05, 3.63) is 136 Å². The number of imidazole rings is 1. The number of aromatic nitrogens is 2. The number of nitrogen functional groups attached to an aromatic ring is 2. The highest BCUT2D eigenvalue weighted by Crippen LogP contribution is 2.34. The van der Waals surface area contributed by atoms with E-state index in [9.17, 15) is 4.79 Å². The van der Waals surface area contributed by atoms with Crippen LogP contribution in [0.25, 0.3) is 22.5 Å². The Bertz CT molecular complexity index is 1780. The van der Waals surface area contributed by atoms with Crippen molar-refractivity contribution in [2.75, 3.05) is 19.0 Å². The van der Waals surface area contributed by atoms with Crippen LogP contribution in [-0.2, 0) is 13.1 Å². The van der Waals surface area contributed by atoms with E-state index in [2.05, 4.69) is 0 Å². The molecule has 0 fully saturated rings. The van der Waals surface area contributed by atoms with Crippen molar-refractivity contribution in [3.8, 4) is 22.5 Å². The van der Waals surface area contributed by atoms with Crippen LogP contribution in [0, 0.1) is 10.8 Å². The zero-order valence-electron chi connectivity index (χ0n) is 23.1. The number of hydrogen-bond acceptors (Lipinski definition) is 4. The van der Waals surface area contributed by atoms with Gasteiger partial charge >= 0.3 is 5.69 Å². The topological polar surface area (TPSA) is 130 Å². The quantitative estimate of drug-likeness (QED) is 0.158. The predicted octanol–water partition coefficient (Wildman–Crippen LogP) is 4.71. The molecule has 0 unspecified atom stereocenters. The summed E-state index contributed by atoms with van der Waals surface area (Å²) in [7, 11) is 3.99. The van der Waals surface area contributed by atoms with Crippen molar-refractivity contribution < 1.29 is 0 Å². The van der Waals surface area contributed by atoms with E-state index in [4.69, 9.17) is 22.3 Å². The fourth-order valence-electron chi connectivity index (χ4n) is 5.02. The smallest absolute Gasteiger partial charge is 0.329 e. The highest BCUT2D eigenvalue weighted by Gasteiger charge is 2.23. The Morgan fingerprint density at radius 3 is 1.56 bits per heavy atom. The average molecular weight is 544 g/mol. The van der Waals surface area contributed by atoms with Crippen LogP contribution in [-0.4, -0.2) is 34.9 Å². The largest absolute Gasteiger partial charge is 0.384 e. The van der Waals surface area contributed by atoms with Gasteiger partial charge in [0.05, 0.1) is 24.5 Å². The van der Waals surface area contributed by atoms with E-state index < -0.39 is 0 Å². The molecular formula is C33H33N7O. The lowest BCUT2D eigenvalue weighted by molar-refractivity contribution is 0.689. The average Bonchev–Trinajstić information content (AvgIpc) is 3.24. The third-order valence-corrected chi connectivity index (χ3v) is 7.09. The molecule has 0 amide bonds. The molecule has 5 aromatic rings. The van der Waals surface area contributed by atoms with Gasteiger partial charge in [-0.3, -0.25) is 20.0 Å². The molecule has 5 rings (SSSR count). The fraction of sp³-hybridized carbons (Fsp3) is 0.121. The maximum atomic E-state index is 14.4. The van der Waals surface area contributed by atoms with E-state index in [1.807, 2.05) is 110 Å². The Hall–Kier alpha value is -5.37. The van der Waals surface area contributed by atoms with Crippen molar-refractivity contribution in [2.24, 2.45) is 11.5 Å². The zero-order chi connectivity index (χ0) is 29.1. The molecule has 0 saturated carbocycles. The Balaban J connectivity index is 1.77. The standard InChI is InChI=1S/C33H33N7O/c1-38(2)28-16-14-25(15-17-28)30-29(24-10-4-3-5-11-24)39(20-22-8-6-12-26(18-22)31(34)35)33(41)40(30)21-23-9-7-13-27(19-23)32(36)37/h3-19H,20-21H2,1-2H3,(H3,34,35)(H3,36,37). The highest BCUT2D eigenvalue weighted by atomic mass is 16.1. The molecule has 8 heteroatoms. The molecule has 0 aliphatic carbocycles. The molecule has 0 aliphatic rings. The molecule has 0 radical (unpaired) electrons. The predicted molar refractivity (Wildman–Crippen MR) is 167 cm³/mol. The van der Waals surface area contributed by atoms with Gasteiger partial charge in [-0.25, -0.2) is 4.79 Å². The van der Waals surface area contributed by atoms with E-state index in [-0.39, 0.29) is 17.4 Å². The summed E-state index contributed by atoms with van der Waals surface area (Å²) in [4.78, 5) is 16.4. The first kappa shape index (κ1) is 27.2. The second-order valence-corrected chi connectivity index (χ2v) is 10.2. The Morgan fingerprint density at radius 1 is 0.659 bits per heavy atom. The lowest BCUT2D eigenvalue weighted by Gasteiger charge is -2.15. The molecule has 8 nitrogen and oxygen atoms in total. The molecule has 0 saturated heterocycles. The minimum atomic E-state index is -0.169. The molecular weight excluding hydrogens is 510 g/mol. The summed E-state index contributed by atoms with van der Waals surface area (Å²) < 4.78 is 3.58. The molecule has 41 heavy (non-hydrogen) atoms. The van der Waals surface area contributed by atoms with Gasteiger partial charge in [0.15, 0.2) is 0 Å². The Morgan fingerprint density at radius 2 is 1.12 bits per heavy atom. The first-order valence-corrected chi connectivity index (χ1v) is 13.3. The lowest BCUT2D eigenvalue weighted by atomic mass is 10.0. The fourth-order valence-corrected chi connectivity index (χ4v) is 5.02. The minimum Gasteiger partial charge on any atom is -0.384 e. The van der Waals surface area contributed by atoms with Crippen LogP contribution in [0.5, 0.6) is 0 Å². The molecule has 0 aliphatic heterocycles. The number of nitrogens with zero attached hydrogens (tertiary/aromatic N) is 3. The number of hydrogen-bond donors (Lipinski definition) is 4. The molecule has 4 aromatic carbocycles. The second kappa shape index (κ2) is 11.4. The number of nitrogens with two attached hydrogens (primary N) is 2. The molecule has 1 heterocycles. The molecule has 1 aromatic heterocycles. The third-order valence-electron chi connectivity index (χ3n) is 7.09. The SMILES string of the molecule is CN(C)c1ccc(-c2c(-c3ccccc3)n(Cc3cccc(C(=N)N)c3)c(=O)n2Cc2cccc(C(=N)N)c2)cc1. The van der Waals surface area contributed by atoms with Crippen LogP contribution in [0.15, 0.2) is 108 Å². The highest BCUT2D eigenvalue weighted by molar-refractivity contribution is 5.95. The summed E-state index contributed by atoms with van der Waals surface area (Å²) in [6.07, 6.45) is 0. The van der Waals surface area contributed by atoms with Gasteiger partial charge in [0.2, 0.25) is 0 Å². The Kier molecular flexibility index (Phi) is 7.56. The van der Waals surface area contributed by atoms with Gasteiger partial charge in [-0.1, -0.05) is 78.9 Å². The summed E-state index contributed by atoms with van der Waals surface area (Å²) in [5.74, 6) is -0.0429. The molecule has 206 valence electrons. The van der Waals surface area contributed by atoms with Gasteiger partial charge in [0, 0.05) is 42.0 Å². The summed E-state index contributed by atoms with van der Waals surface area (Å²) in [6.45, 7) is 0.596. The van der Waals surface area contributed by atoms with E-state index in [1.54, 1.807) is 21.3 Å². The van der Waals surface area contributed by atoms with Crippen LogP contribution in [0.2, 0.25) is 0 Å². The van der Waals surface area contributed by atoms with Crippen LogP contribution >= 0.6 is 0 Å². The van der Waals surface area contributed by atoms with Gasteiger partial charge in [0.1, 0.15) is 11.7 Å². The van der Waals surface area contributed by atoms with Crippen molar-refractivity contribution >= 4 is 17.4 Å². The van der Waals surface area contributed by atoms with E-state index in [0.717, 1.165) is 39.3 Å². The lowest BCUT2D eigenvalue weighted by Crippen LogP contribution is -2.26. The van der Waals surface area contributed by atoms with Crippen molar-refractivity contribution in [3.63, 3.8) is 0 Å². The Labute approximate surface area is 239 Å². The summed E-state index contributed by atoms with van der Waals surface area (Å²) in [5.41, 5.74) is 18.8. The number of anilines is 1.